The summed E-state index contributed by atoms with van der Waals surface area (Å²) < 4.78 is 23.2. The molecular weight excluding hydrogens is 696 g/mol. The van der Waals surface area contributed by atoms with Crippen molar-refractivity contribution in [3.05, 3.63) is 53.3 Å². The van der Waals surface area contributed by atoms with E-state index in [9.17, 15) is 9.59 Å². The van der Waals surface area contributed by atoms with Gasteiger partial charge in [0.1, 0.15) is 0 Å². The standard InChI is InChI=1S/C21H22Br4N2O6/c1-30-10-32-18-14(22)6-12(7-15(18)23)20(28)26-4-3-5-27-21(29)13-8-16(24)19(17(25)9-13)33-11-31-2/h6-9H,3-5,10-11H2,1-2H3,(H,26,28)(H,27,29). The fourth-order valence-corrected chi connectivity index (χ4v) is 5.42. The number of carbonyl (C=O) groups is 2. The van der Waals surface area contributed by atoms with Crippen LogP contribution < -0.4 is 20.1 Å². The Hall–Kier alpha value is -1.18. The third kappa shape index (κ3) is 8.52. The van der Waals surface area contributed by atoms with Crippen molar-refractivity contribution >= 4 is 75.5 Å². The first kappa shape index (κ1) is 28.1. The smallest absolute Gasteiger partial charge is 0.251 e. The van der Waals surface area contributed by atoms with E-state index in [1.807, 2.05) is 0 Å². The number of hydrogen-bond donors (Lipinski definition) is 2. The topological polar surface area (TPSA) is 95.1 Å². The average Bonchev–Trinajstić information content (AvgIpc) is 2.77. The summed E-state index contributed by atoms with van der Waals surface area (Å²) in [6.45, 7) is 0.975. The molecule has 2 rings (SSSR count). The molecule has 2 N–H and O–H groups in total. The molecule has 0 aliphatic carbocycles. The maximum absolute atomic E-state index is 12.4. The Morgan fingerprint density at radius 1 is 0.697 bits per heavy atom. The molecule has 12 heteroatoms. The van der Waals surface area contributed by atoms with Gasteiger partial charge in [0.15, 0.2) is 25.1 Å². The number of halogens is 4. The van der Waals surface area contributed by atoms with E-state index in [0.717, 1.165) is 0 Å². The van der Waals surface area contributed by atoms with Crippen LogP contribution in [0.5, 0.6) is 11.5 Å². The number of ether oxygens (including phenoxy) is 4. The largest absolute Gasteiger partial charge is 0.465 e. The van der Waals surface area contributed by atoms with Crippen LogP contribution >= 0.6 is 63.7 Å². The molecule has 8 nitrogen and oxygen atoms in total. The van der Waals surface area contributed by atoms with E-state index in [1.165, 1.54) is 14.2 Å². The lowest BCUT2D eigenvalue weighted by molar-refractivity contribution is 0.0498. The van der Waals surface area contributed by atoms with Gasteiger partial charge >= 0.3 is 0 Å². The Balaban J connectivity index is 1.82. The fraction of sp³-hybridized carbons (Fsp3) is 0.333. The van der Waals surface area contributed by atoms with Crippen LogP contribution in [0.25, 0.3) is 0 Å². The lowest BCUT2D eigenvalue weighted by atomic mass is 10.2. The monoisotopic (exact) mass is 714 g/mol. The number of nitrogens with one attached hydrogen (secondary N) is 2. The van der Waals surface area contributed by atoms with Gasteiger partial charge < -0.3 is 29.6 Å². The van der Waals surface area contributed by atoms with E-state index >= 15 is 0 Å². The molecule has 0 unspecified atom stereocenters. The molecule has 0 aliphatic rings. The number of carbonyl (C=O) groups excluding carboxylic acids is 2. The van der Waals surface area contributed by atoms with Gasteiger partial charge in [0, 0.05) is 38.4 Å². The van der Waals surface area contributed by atoms with Gasteiger partial charge in [-0.05, 0) is 94.4 Å². The Morgan fingerprint density at radius 3 is 1.33 bits per heavy atom. The van der Waals surface area contributed by atoms with Crippen molar-refractivity contribution in [2.75, 3.05) is 40.9 Å². The van der Waals surface area contributed by atoms with Crippen molar-refractivity contribution < 1.29 is 28.5 Å². The van der Waals surface area contributed by atoms with Crippen molar-refractivity contribution in [3.8, 4) is 11.5 Å². The highest BCUT2D eigenvalue weighted by Crippen LogP contribution is 2.35. The first-order valence-corrected chi connectivity index (χ1v) is 12.7. The number of rotatable bonds is 12. The Labute approximate surface area is 225 Å². The molecule has 0 radical (unpaired) electrons. The molecule has 0 aliphatic heterocycles. The van der Waals surface area contributed by atoms with Gasteiger partial charge in [-0.25, -0.2) is 0 Å². The van der Waals surface area contributed by atoms with Crippen LogP contribution in [0, 0.1) is 0 Å². The van der Waals surface area contributed by atoms with Gasteiger partial charge in [-0.1, -0.05) is 0 Å². The van der Waals surface area contributed by atoms with Crippen molar-refractivity contribution in [1.29, 1.82) is 0 Å². The zero-order valence-electron chi connectivity index (χ0n) is 17.8. The lowest BCUT2D eigenvalue weighted by Crippen LogP contribution is -2.30. The van der Waals surface area contributed by atoms with E-state index in [-0.39, 0.29) is 25.4 Å². The summed E-state index contributed by atoms with van der Waals surface area (Å²) in [6, 6.07) is 6.68. The van der Waals surface area contributed by atoms with E-state index < -0.39 is 0 Å². The summed E-state index contributed by atoms with van der Waals surface area (Å²) in [5.74, 6) is 0.626. The lowest BCUT2D eigenvalue weighted by Gasteiger charge is -2.12. The number of methoxy groups -OCH3 is 2. The van der Waals surface area contributed by atoms with Gasteiger partial charge in [0.25, 0.3) is 11.8 Å². The molecule has 0 fully saturated rings. The molecule has 0 bridgehead atoms. The van der Waals surface area contributed by atoms with Crippen molar-refractivity contribution in [2.45, 2.75) is 6.42 Å². The molecule has 0 saturated carbocycles. The molecule has 0 spiro atoms. The van der Waals surface area contributed by atoms with E-state index in [1.54, 1.807) is 24.3 Å². The quantitative estimate of drug-likeness (QED) is 0.230. The molecule has 2 aromatic rings. The van der Waals surface area contributed by atoms with Gasteiger partial charge in [0.2, 0.25) is 0 Å². The second kappa shape index (κ2) is 14.3. The summed E-state index contributed by atoms with van der Waals surface area (Å²) in [5, 5.41) is 5.67. The van der Waals surface area contributed by atoms with Gasteiger partial charge in [-0.15, -0.1) is 0 Å². The third-order valence-corrected chi connectivity index (χ3v) is 6.44. The average molecular weight is 718 g/mol. The van der Waals surface area contributed by atoms with Gasteiger partial charge in [-0.3, -0.25) is 9.59 Å². The van der Waals surface area contributed by atoms with Crippen LogP contribution in [0.3, 0.4) is 0 Å². The first-order valence-electron chi connectivity index (χ1n) is 9.56. The normalized spacial score (nSPS) is 10.6. The van der Waals surface area contributed by atoms with E-state index in [0.29, 0.717) is 60.0 Å². The maximum atomic E-state index is 12.4. The molecular formula is C21H22Br4N2O6. The number of amides is 2. The summed E-state index contributed by atoms with van der Waals surface area (Å²) >= 11 is 13.6. The molecule has 0 heterocycles. The van der Waals surface area contributed by atoms with Gasteiger partial charge in [-0.2, -0.15) is 0 Å². The van der Waals surface area contributed by atoms with Gasteiger partial charge in [0.05, 0.1) is 17.9 Å². The second-order valence-electron chi connectivity index (χ2n) is 6.51. The van der Waals surface area contributed by atoms with Crippen LogP contribution in [0.2, 0.25) is 0 Å². The second-order valence-corrected chi connectivity index (χ2v) is 9.92. The highest BCUT2D eigenvalue weighted by atomic mass is 79.9. The van der Waals surface area contributed by atoms with E-state index in [4.69, 9.17) is 18.9 Å². The van der Waals surface area contributed by atoms with Crippen molar-refractivity contribution in [1.82, 2.24) is 10.6 Å². The Kier molecular flexibility index (Phi) is 12.1. The first-order chi connectivity index (χ1) is 15.8. The summed E-state index contributed by atoms with van der Waals surface area (Å²) in [4.78, 5) is 24.9. The predicted octanol–water partition coefficient (Wildman–Crippen LogP) is 5.25. The number of benzene rings is 2. The minimum atomic E-state index is -0.236. The van der Waals surface area contributed by atoms with E-state index in [2.05, 4.69) is 74.4 Å². The Morgan fingerprint density at radius 2 is 1.03 bits per heavy atom. The zero-order chi connectivity index (χ0) is 24.4. The Bertz CT molecular complexity index is 866. The third-order valence-electron chi connectivity index (χ3n) is 4.09. The van der Waals surface area contributed by atoms with Crippen molar-refractivity contribution in [2.24, 2.45) is 0 Å². The highest BCUT2D eigenvalue weighted by molar-refractivity contribution is 9.11. The molecule has 180 valence electrons. The van der Waals surface area contributed by atoms with Crippen LogP contribution in [0.15, 0.2) is 42.2 Å². The minimum absolute atomic E-state index is 0.0914. The highest BCUT2D eigenvalue weighted by Gasteiger charge is 2.15. The summed E-state index contributed by atoms with van der Waals surface area (Å²) in [5.41, 5.74) is 0.932. The minimum Gasteiger partial charge on any atom is -0.465 e. The summed E-state index contributed by atoms with van der Waals surface area (Å²) in [6.07, 6.45) is 0.562. The number of hydrogen-bond acceptors (Lipinski definition) is 6. The molecule has 0 atom stereocenters. The molecule has 33 heavy (non-hydrogen) atoms. The summed E-state index contributed by atoms with van der Waals surface area (Å²) in [7, 11) is 3.05. The van der Waals surface area contributed by atoms with Crippen LogP contribution in [0.1, 0.15) is 27.1 Å². The van der Waals surface area contributed by atoms with Crippen LogP contribution in [-0.2, 0) is 9.47 Å². The van der Waals surface area contributed by atoms with Crippen molar-refractivity contribution in [3.63, 3.8) is 0 Å². The molecule has 0 aromatic heterocycles. The van der Waals surface area contributed by atoms with Crippen LogP contribution in [0.4, 0.5) is 0 Å². The maximum Gasteiger partial charge on any atom is 0.251 e. The molecule has 2 aromatic carbocycles. The zero-order valence-corrected chi connectivity index (χ0v) is 24.2. The molecule has 2 amide bonds. The SMILES string of the molecule is COCOc1c(Br)cc(C(=O)NCCCNC(=O)c2cc(Br)c(OCOC)c(Br)c2)cc1Br. The van der Waals surface area contributed by atoms with Crippen LogP contribution in [-0.4, -0.2) is 52.7 Å². The predicted molar refractivity (Wildman–Crippen MR) is 138 cm³/mol. The molecule has 0 saturated heterocycles. The fourth-order valence-electron chi connectivity index (χ4n) is 2.59.